The van der Waals surface area contributed by atoms with E-state index < -0.39 is 11.9 Å². The molecule has 2 amide bonds. The van der Waals surface area contributed by atoms with Crippen LogP contribution < -0.4 is 16.0 Å². The van der Waals surface area contributed by atoms with Crippen LogP contribution in [-0.4, -0.2) is 43.1 Å². The van der Waals surface area contributed by atoms with Gasteiger partial charge in [0.15, 0.2) is 0 Å². The van der Waals surface area contributed by atoms with Crippen LogP contribution in [-0.2, 0) is 25.6 Å². The van der Waals surface area contributed by atoms with E-state index in [2.05, 4.69) is 34.1 Å². The molecule has 0 atom stereocenters. The first-order valence-electron chi connectivity index (χ1n) is 12.0. The number of ether oxygens (including phenoxy) is 2. The average molecular weight is 525 g/mol. The second kappa shape index (κ2) is 13.5. The van der Waals surface area contributed by atoms with Gasteiger partial charge in [-0.2, -0.15) is 0 Å². The number of aromatic nitrogens is 1. The number of rotatable bonds is 13. The summed E-state index contributed by atoms with van der Waals surface area (Å²) in [6.07, 6.45) is 3.59. The fourth-order valence-electron chi connectivity index (χ4n) is 3.41. The predicted octanol–water partition coefficient (Wildman–Crippen LogP) is 3.81. The van der Waals surface area contributed by atoms with Crippen molar-refractivity contribution in [2.24, 2.45) is 0 Å². The SMILES string of the molecule is C=C(NC(C(=C)NC(=O)c1csc(-c2ccc(CNC(=O)COCCC)cc2)n1)=C1CCC1)C(=O)OC. The Hall–Kier alpha value is -3.76. The third-order valence-corrected chi connectivity index (χ3v) is 6.48. The first-order chi connectivity index (χ1) is 17.8. The molecule has 1 aromatic carbocycles. The first kappa shape index (κ1) is 27.8. The Kier molecular flexibility index (Phi) is 10.2. The van der Waals surface area contributed by atoms with Crippen LogP contribution in [0.2, 0.25) is 0 Å². The summed E-state index contributed by atoms with van der Waals surface area (Å²) in [6, 6.07) is 7.61. The van der Waals surface area contributed by atoms with Crippen LogP contribution in [0.3, 0.4) is 0 Å². The topological polar surface area (TPSA) is 119 Å². The zero-order chi connectivity index (χ0) is 26.8. The minimum absolute atomic E-state index is 0.0526. The maximum atomic E-state index is 12.9. The van der Waals surface area contributed by atoms with E-state index in [0.29, 0.717) is 29.6 Å². The summed E-state index contributed by atoms with van der Waals surface area (Å²) in [5, 5.41) is 10.9. The van der Waals surface area contributed by atoms with Gasteiger partial charge in [-0.15, -0.1) is 11.3 Å². The third kappa shape index (κ3) is 7.86. The van der Waals surface area contributed by atoms with Crippen molar-refractivity contribution in [2.45, 2.75) is 39.2 Å². The van der Waals surface area contributed by atoms with E-state index in [9.17, 15) is 14.4 Å². The standard InChI is InChI=1S/C27H32N4O5S/c1-5-13-36-15-23(32)28-14-19-9-11-21(12-10-19)26-31-22(16-37-26)25(33)30-17(2)24(20-7-6-8-20)29-18(3)27(34)35-4/h9-12,16,29H,2-3,5-8,13-15H2,1,4H3,(H,28,32)(H,30,33). The monoisotopic (exact) mass is 524 g/mol. The molecule has 9 nitrogen and oxygen atoms in total. The normalized spacial score (nSPS) is 12.2. The fraction of sp³-hybridized carbons (Fsp3) is 0.333. The molecule has 1 fully saturated rings. The lowest BCUT2D eigenvalue weighted by Gasteiger charge is -2.25. The molecule has 0 saturated heterocycles. The molecule has 0 radical (unpaired) electrons. The number of allylic oxidation sites excluding steroid dienone is 1. The zero-order valence-corrected chi connectivity index (χ0v) is 22.0. The fourth-order valence-corrected chi connectivity index (χ4v) is 4.21. The molecule has 2 aromatic rings. The lowest BCUT2D eigenvalue weighted by Crippen LogP contribution is -2.31. The molecule has 0 unspecified atom stereocenters. The van der Waals surface area contributed by atoms with Crippen molar-refractivity contribution in [3.63, 3.8) is 0 Å². The molecule has 1 saturated carbocycles. The molecule has 0 aliphatic heterocycles. The van der Waals surface area contributed by atoms with Gasteiger partial charge in [0, 0.05) is 24.1 Å². The van der Waals surface area contributed by atoms with Crippen molar-refractivity contribution in [1.29, 1.82) is 0 Å². The number of amides is 2. The molecular formula is C27H32N4O5S. The highest BCUT2D eigenvalue weighted by molar-refractivity contribution is 7.13. The lowest BCUT2D eigenvalue weighted by molar-refractivity contribution is -0.136. The van der Waals surface area contributed by atoms with Gasteiger partial charge < -0.3 is 25.4 Å². The number of esters is 1. The molecule has 37 heavy (non-hydrogen) atoms. The second-order valence-corrected chi connectivity index (χ2v) is 9.28. The van der Waals surface area contributed by atoms with Crippen molar-refractivity contribution < 1.29 is 23.9 Å². The molecule has 1 aromatic heterocycles. The van der Waals surface area contributed by atoms with Gasteiger partial charge >= 0.3 is 5.97 Å². The number of benzene rings is 1. The summed E-state index contributed by atoms with van der Waals surface area (Å²) >= 11 is 1.35. The lowest BCUT2D eigenvalue weighted by atomic mass is 9.89. The van der Waals surface area contributed by atoms with Crippen molar-refractivity contribution in [3.05, 3.63) is 76.7 Å². The minimum Gasteiger partial charge on any atom is -0.464 e. The maximum Gasteiger partial charge on any atom is 0.353 e. The number of nitrogens with zero attached hydrogens (tertiary/aromatic N) is 1. The maximum absolute atomic E-state index is 12.9. The number of carbonyl (C=O) groups excluding carboxylic acids is 3. The van der Waals surface area contributed by atoms with Gasteiger partial charge in [-0.3, -0.25) is 9.59 Å². The van der Waals surface area contributed by atoms with E-state index in [0.717, 1.165) is 42.4 Å². The molecule has 196 valence electrons. The van der Waals surface area contributed by atoms with Crippen LogP contribution in [0.15, 0.2) is 65.5 Å². The van der Waals surface area contributed by atoms with Gasteiger partial charge in [-0.05, 0) is 36.8 Å². The van der Waals surface area contributed by atoms with Gasteiger partial charge in [0.2, 0.25) is 5.91 Å². The summed E-state index contributed by atoms with van der Waals surface area (Å²) in [4.78, 5) is 40.9. The summed E-state index contributed by atoms with van der Waals surface area (Å²) < 4.78 is 9.93. The Morgan fingerprint density at radius 3 is 2.43 bits per heavy atom. The van der Waals surface area contributed by atoms with Gasteiger partial charge in [0.25, 0.3) is 5.91 Å². The first-order valence-corrected chi connectivity index (χ1v) is 12.9. The van der Waals surface area contributed by atoms with Gasteiger partial charge in [0.1, 0.15) is 23.0 Å². The zero-order valence-electron chi connectivity index (χ0n) is 21.1. The van der Waals surface area contributed by atoms with Gasteiger partial charge in [0.05, 0.1) is 18.5 Å². The van der Waals surface area contributed by atoms with Crippen molar-refractivity contribution in [3.8, 4) is 10.6 Å². The minimum atomic E-state index is -0.588. The highest BCUT2D eigenvalue weighted by atomic mass is 32.1. The Balaban J connectivity index is 1.58. The van der Waals surface area contributed by atoms with Crippen LogP contribution in [0.4, 0.5) is 0 Å². The van der Waals surface area contributed by atoms with E-state index >= 15 is 0 Å². The second-order valence-electron chi connectivity index (χ2n) is 8.42. The van der Waals surface area contributed by atoms with Gasteiger partial charge in [-0.25, -0.2) is 9.78 Å². The summed E-state index contributed by atoms with van der Waals surface area (Å²) in [7, 11) is 1.28. The largest absolute Gasteiger partial charge is 0.464 e. The smallest absolute Gasteiger partial charge is 0.353 e. The van der Waals surface area contributed by atoms with Gasteiger partial charge in [-0.1, -0.05) is 44.3 Å². The number of hydrogen-bond donors (Lipinski definition) is 3. The van der Waals surface area contributed by atoms with Crippen LogP contribution >= 0.6 is 11.3 Å². The van der Waals surface area contributed by atoms with E-state index in [1.807, 2.05) is 31.2 Å². The number of thiazole rings is 1. The molecule has 1 aliphatic rings. The number of nitrogens with one attached hydrogen (secondary N) is 3. The van der Waals surface area contributed by atoms with Crippen molar-refractivity contribution in [2.75, 3.05) is 20.3 Å². The summed E-state index contributed by atoms with van der Waals surface area (Å²) in [5.41, 5.74) is 4.09. The number of carbonyl (C=O) groups is 3. The third-order valence-electron chi connectivity index (χ3n) is 5.59. The average Bonchev–Trinajstić information content (AvgIpc) is 3.36. The Labute approximate surface area is 220 Å². The molecule has 0 bridgehead atoms. The summed E-state index contributed by atoms with van der Waals surface area (Å²) in [5.74, 6) is -1.15. The molecule has 1 aliphatic carbocycles. The summed E-state index contributed by atoms with van der Waals surface area (Å²) in [6.45, 7) is 10.7. The highest BCUT2D eigenvalue weighted by Gasteiger charge is 2.21. The van der Waals surface area contributed by atoms with Crippen molar-refractivity contribution in [1.82, 2.24) is 20.9 Å². The predicted molar refractivity (Wildman–Crippen MR) is 142 cm³/mol. The Bertz CT molecular complexity index is 1190. The molecular weight excluding hydrogens is 492 g/mol. The molecule has 3 rings (SSSR count). The molecule has 0 spiro atoms. The Morgan fingerprint density at radius 2 is 1.81 bits per heavy atom. The van der Waals surface area contributed by atoms with Crippen LogP contribution in [0.25, 0.3) is 10.6 Å². The molecule has 1 heterocycles. The molecule has 10 heteroatoms. The van der Waals surface area contributed by atoms with E-state index in [1.165, 1.54) is 18.4 Å². The highest BCUT2D eigenvalue weighted by Crippen LogP contribution is 2.30. The van der Waals surface area contributed by atoms with E-state index in [-0.39, 0.29) is 23.9 Å². The Morgan fingerprint density at radius 1 is 1.08 bits per heavy atom. The van der Waals surface area contributed by atoms with Crippen LogP contribution in [0, 0.1) is 0 Å². The van der Waals surface area contributed by atoms with Crippen LogP contribution in [0.1, 0.15) is 48.7 Å². The number of methoxy groups -OCH3 is 1. The quantitative estimate of drug-likeness (QED) is 0.207. The van der Waals surface area contributed by atoms with E-state index in [4.69, 9.17) is 9.47 Å². The van der Waals surface area contributed by atoms with Crippen LogP contribution in [0.5, 0.6) is 0 Å². The van der Waals surface area contributed by atoms with Crippen molar-refractivity contribution >= 4 is 29.1 Å². The molecule has 3 N–H and O–H groups in total. The number of hydrogen-bond acceptors (Lipinski definition) is 8. The van der Waals surface area contributed by atoms with E-state index in [1.54, 1.807) is 5.38 Å².